The van der Waals surface area contributed by atoms with Crippen molar-refractivity contribution in [1.82, 2.24) is 0 Å². The fourth-order valence-electron chi connectivity index (χ4n) is 0. The molecule has 0 amide bonds. The van der Waals surface area contributed by atoms with Crippen molar-refractivity contribution in [1.29, 1.82) is 0 Å². The third-order valence-electron chi connectivity index (χ3n) is 0. The maximum atomic E-state index is 0. The van der Waals surface area contributed by atoms with Crippen LogP contribution in [0.15, 0.2) is 0 Å². The Balaban J connectivity index is 0. The third kappa shape index (κ3) is 8.87. The molecule has 4 heavy (non-hydrogen) atoms. The first kappa shape index (κ1) is 28.4. The minimum atomic E-state index is 0. The van der Waals surface area contributed by atoms with Gasteiger partial charge >= 0.3 is 48.9 Å². The fraction of sp³-hybridized carbons (Fsp3) is 0. The molecule has 0 aromatic carbocycles. The Kier molecular flexibility index (Phi) is 119. The number of hydrogen-bond acceptors (Lipinski definition) is 0. The fourth-order valence-corrected chi connectivity index (χ4v) is 0. The van der Waals surface area contributed by atoms with E-state index in [0.29, 0.717) is 0 Å². The van der Waals surface area contributed by atoms with Gasteiger partial charge in [0.2, 0.25) is 0 Å². The standard InChI is InChI=1S/Ba.Mn.H4Si.Zn.2H/h;;1H4;;;. The van der Waals surface area contributed by atoms with Gasteiger partial charge in [-0.05, 0) is 11.0 Å². The van der Waals surface area contributed by atoms with Crippen molar-refractivity contribution in [2.75, 3.05) is 0 Å². The summed E-state index contributed by atoms with van der Waals surface area (Å²) in [6.07, 6.45) is 0. The zero-order valence-electron chi connectivity index (χ0n) is 1.09. The molecule has 4 heteroatoms. The first-order chi connectivity index (χ1) is 0. The van der Waals surface area contributed by atoms with Gasteiger partial charge in [-0.3, -0.25) is 0 Å². The zero-order chi connectivity index (χ0) is 0. The largest absolute Gasteiger partial charge is 0.0149 e. The Labute approximate surface area is 94.2 Å². The van der Waals surface area contributed by atoms with E-state index in [4.69, 9.17) is 0 Å². The summed E-state index contributed by atoms with van der Waals surface area (Å²) in [5, 5.41) is 0. The van der Waals surface area contributed by atoms with Crippen LogP contribution in [0, 0.1) is 0 Å². The normalized spacial score (nSPS) is 0. The molecule has 0 aliphatic carbocycles. The number of hydrogen-bond donors (Lipinski definition) is 0. The van der Waals surface area contributed by atoms with E-state index < -0.39 is 0 Å². The van der Waals surface area contributed by atoms with Crippen molar-refractivity contribution in [3.8, 4) is 0 Å². The second-order valence-electron chi connectivity index (χ2n) is 0. The van der Waals surface area contributed by atoms with Gasteiger partial charge < -0.3 is 0 Å². The smallest absolute Gasteiger partial charge is 0 e. The average molecular weight is 292 g/mol. The van der Waals surface area contributed by atoms with Crippen molar-refractivity contribution in [2.24, 2.45) is 0 Å². The van der Waals surface area contributed by atoms with E-state index in [0.717, 1.165) is 0 Å². The summed E-state index contributed by atoms with van der Waals surface area (Å²) in [4.78, 5) is 0. The first-order valence-electron chi connectivity index (χ1n) is 0. The average Bonchev–Trinajstić information content (AvgIpc) is 0. The Hall–Kier alpha value is 2.93. The molecule has 0 nitrogen and oxygen atoms in total. The summed E-state index contributed by atoms with van der Waals surface area (Å²) in [6, 6.07) is 0. The predicted octanol–water partition coefficient (Wildman–Crippen LogP) is -2.37. The zero-order valence-corrected chi connectivity index (χ0v) is 5.23. The van der Waals surface area contributed by atoms with Gasteiger partial charge in [-0.15, -0.1) is 0 Å². The third-order valence-corrected chi connectivity index (χ3v) is 0. The van der Waals surface area contributed by atoms with Crippen LogP contribution in [0.5, 0.6) is 0 Å². The second-order valence-corrected chi connectivity index (χ2v) is 0. The Morgan fingerprint density at radius 2 is 1.00 bits per heavy atom. The van der Waals surface area contributed by atoms with Crippen molar-refractivity contribution in [3.63, 3.8) is 0 Å². The van der Waals surface area contributed by atoms with Crippen LogP contribution < -0.4 is 0 Å². The van der Waals surface area contributed by atoms with Crippen LogP contribution >= 0.6 is 0 Å². The minimum absolute atomic E-state index is 0. The number of rotatable bonds is 0. The molecule has 0 spiro atoms. The topological polar surface area (TPSA) is 0 Å². The quantitative estimate of drug-likeness (QED) is 0.438. The molecule has 0 aromatic heterocycles. The molecule has 21 valence electrons. The van der Waals surface area contributed by atoms with E-state index in [-0.39, 0.29) is 96.4 Å². The van der Waals surface area contributed by atoms with Crippen molar-refractivity contribution in [2.45, 2.75) is 0 Å². The predicted molar refractivity (Wildman–Crippen MR) is 19.9 cm³/mol. The van der Waals surface area contributed by atoms with Crippen LogP contribution in [0.3, 0.4) is 0 Å². The van der Waals surface area contributed by atoms with Crippen LogP contribution in [-0.4, -0.2) is 59.8 Å². The Morgan fingerprint density at radius 1 is 1.00 bits per heavy atom. The molecule has 0 heterocycles. The van der Waals surface area contributed by atoms with Gasteiger partial charge in [0.05, 0.1) is 0 Å². The molecular weight excluding hydrogens is 286 g/mol. The molecule has 0 atom stereocenters. The first-order valence-corrected chi connectivity index (χ1v) is 0. The molecule has 0 rings (SSSR count). The summed E-state index contributed by atoms with van der Waals surface area (Å²) in [6.45, 7) is 0. The van der Waals surface area contributed by atoms with E-state index in [1.807, 2.05) is 0 Å². The van der Waals surface area contributed by atoms with Crippen molar-refractivity contribution >= 4 is 59.8 Å². The van der Waals surface area contributed by atoms with Gasteiger partial charge in [0.25, 0.3) is 0 Å². The molecule has 0 unspecified atom stereocenters. The molecule has 0 aliphatic heterocycles. The van der Waals surface area contributed by atoms with E-state index in [2.05, 4.69) is 0 Å². The molecule has 0 N–H and O–H groups in total. The Morgan fingerprint density at radius 3 is 1.00 bits per heavy atom. The van der Waals surface area contributed by atoms with E-state index in [1.54, 1.807) is 0 Å². The molecule has 0 saturated carbocycles. The second kappa shape index (κ2) is 16.8. The molecule has 0 aromatic rings. The van der Waals surface area contributed by atoms with Crippen LogP contribution in [-0.2, 0) is 36.5 Å². The molecule has 0 bridgehead atoms. The van der Waals surface area contributed by atoms with Gasteiger partial charge in [-0.2, -0.15) is 0 Å². The van der Waals surface area contributed by atoms with Crippen LogP contribution in [0.2, 0.25) is 0 Å². The molecule has 0 saturated heterocycles. The summed E-state index contributed by atoms with van der Waals surface area (Å²) in [5.74, 6) is 0. The van der Waals surface area contributed by atoms with Crippen LogP contribution in [0.1, 0.15) is 0 Å². The van der Waals surface area contributed by atoms with Crippen LogP contribution in [0.4, 0.5) is 0 Å². The van der Waals surface area contributed by atoms with E-state index in [1.165, 1.54) is 0 Å². The molecule has 0 aliphatic rings. The summed E-state index contributed by atoms with van der Waals surface area (Å²) < 4.78 is 0. The van der Waals surface area contributed by atoms with Crippen LogP contribution in [0.25, 0.3) is 0 Å². The summed E-state index contributed by atoms with van der Waals surface area (Å²) in [7, 11) is 0. The molecule has 1 radical (unpaired) electrons. The van der Waals surface area contributed by atoms with Gasteiger partial charge in [-0.1, -0.05) is 0 Å². The maximum Gasteiger partial charge on any atom is 0 e. The van der Waals surface area contributed by atoms with Gasteiger partial charge in [0.1, 0.15) is 0 Å². The van der Waals surface area contributed by atoms with Gasteiger partial charge in [-0.25, -0.2) is 0 Å². The van der Waals surface area contributed by atoms with Gasteiger partial charge in [0, 0.05) is 36.5 Å². The van der Waals surface area contributed by atoms with E-state index >= 15 is 0 Å². The summed E-state index contributed by atoms with van der Waals surface area (Å²) >= 11 is 0. The van der Waals surface area contributed by atoms with Gasteiger partial charge in [0.15, 0.2) is 0 Å². The maximum absolute atomic E-state index is 0. The van der Waals surface area contributed by atoms with Crippen molar-refractivity contribution < 1.29 is 36.5 Å². The summed E-state index contributed by atoms with van der Waals surface area (Å²) in [5.41, 5.74) is 0. The SMILES string of the molecule is [BaH2].[Mn].[SiH4].[Zn]. The van der Waals surface area contributed by atoms with E-state index in [9.17, 15) is 0 Å². The Bertz CT molecular complexity index is 8.00. The minimum Gasteiger partial charge on any atom is -0.0149 e. The molecule has 0 fully saturated rings. The molecular formula is H6BaMnSiZn. The monoisotopic (exact) mass is 291 g/mol. The van der Waals surface area contributed by atoms with Crippen molar-refractivity contribution in [3.05, 3.63) is 0 Å².